The van der Waals surface area contributed by atoms with Crippen LogP contribution >= 0.6 is 0 Å². The van der Waals surface area contributed by atoms with Crippen LogP contribution < -0.4 is 24.3 Å². The zero-order valence-corrected chi connectivity index (χ0v) is 40.6. The van der Waals surface area contributed by atoms with Crippen LogP contribution in [0.25, 0.3) is 11.1 Å². The summed E-state index contributed by atoms with van der Waals surface area (Å²) >= 11 is 0. The molecule has 4 aliphatic heterocycles. The Morgan fingerprint density at radius 3 is 1.46 bits per heavy atom. The number of carbonyl (C=O) groups excluding carboxylic acids is 3. The molecule has 3 amide bonds. The van der Waals surface area contributed by atoms with Gasteiger partial charge in [0.05, 0.1) is 47.9 Å². The summed E-state index contributed by atoms with van der Waals surface area (Å²) < 4.78 is 30.0. The van der Waals surface area contributed by atoms with Gasteiger partial charge in [0.1, 0.15) is 39.8 Å². The first kappa shape index (κ1) is 51.0. The van der Waals surface area contributed by atoms with Crippen LogP contribution in [0, 0.1) is 0 Å². The fourth-order valence-corrected chi connectivity index (χ4v) is 9.12. The molecule has 4 aromatic rings. The van der Waals surface area contributed by atoms with E-state index in [0.29, 0.717) is 74.7 Å². The molecule has 2 fully saturated rings. The average Bonchev–Trinajstić information content (AvgIpc) is 3.34. The predicted octanol–water partition coefficient (Wildman–Crippen LogP) is 9.32. The normalized spacial score (nSPS) is 16.4. The highest BCUT2D eigenvalue weighted by molar-refractivity contribution is 5.95. The molecule has 0 atom stereocenters. The summed E-state index contributed by atoms with van der Waals surface area (Å²) in [6.45, 7) is 19.0. The van der Waals surface area contributed by atoms with Crippen LogP contribution in [0.2, 0.25) is 0 Å². The number of hydrogen-bond acceptors (Lipinski definition) is 11. The minimum absolute atomic E-state index is 0. The van der Waals surface area contributed by atoms with Crippen LogP contribution in [-0.2, 0) is 4.74 Å². The number of likely N-dealkylation sites (tertiary alicyclic amines) is 1. The maximum atomic E-state index is 12.8. The number of pyridine rings is 2. The highest BCUT2D eigenvalue weighted by Gasteiger charge is 2.42. The first-order valence-corrected chi connectivity index (χ1v) is 23.6. The third-order valence-electron chi connectivity index (χ3n) is 12.8. The first-order chi connectivity index (χ1) is 32.2. The lowest BCUT2D eigenvalue weighted by Crippen LogP contribution is -2.50. The molecule has 2 aromatic carbocycles. The van der Waals surface area contributed by atoms with Gasteiger partial charge in [-0.15, -0.1) is 0 Å². The molecule has 2 aromatic heterocycles. The predicted molar refractivity (Wildman–Crippen MR) is 266 cm³/mol. The number of fused-ring (bicyclic) bond motifs is 2. The van der Waals surface area contributed by atoms with E-state index in [1.807, 2.05) is 109 Å². The molecule has 0 radical (unpaired) electrons. The van der Waals surface area contributed by atoms with Gasteiger partial charge in [0.25, 0.3) is 11.8 Å². The summed E-state index contributed by atoms with van der Waals surface area (Å²) in [7, 11) is 3.30. The number of methoxy groups -OCH3 is 2. The van der Waals surface area contributed by atoms with Crippen LogP contribution in [0.3, 0.4) is 0 Å². The summed E-state index contributed by atoms with van der Waals surface area (Å²) in [6.07, 6.45) is 10.3. The number of nitrogens with one attached hydrogen (secondary N) is 1. The highest BCUT2D eigenvalue weighted by atomic mass is 16.6. The van der Waals surface area contributed by atoms with E-state index in [-0.39, 0.29) is 30.9 Å². The lowest BCUT2D eigenvalue weighted by Gasteiger charge is -2.43. The number of piperidine rings is 2. The lowest BCUT2D eigenvalue weighted by atomic mass is 9.83. The summed E-state index contributed by atoms with van der Waals surface area (Å²) in [5.41, 5.74) is 4.87. The van der Waals surface area contributed by atoms with Gasteiger partial charge in [-0.05, 0) is 122 Å². The molecule has 2 saturated heterocycles. The van der Waals surface area contributed by atoms with Gasteiger partial charge in [-0.25, -0.2) is 4.79 Å². The second kappa shape index (κ2) is 21.7. The molecule has 2 spiro atoms. The molecule has 0 aliphatic carbocycles. The molecule has 14 heteroatoms. The molecule has 4 aliphatic rings. The fourth-order valence-electron chi connectivity index (χ4n) is 9.12. The molecule has 14 nitrogen and oxygen atoms in total. The zero-order valence-electron chi connectivity index (χ0n) is 40.6. The monoisotopic (exact) mass is 931 g/mol. The number of ether oxygens (including phenoxy) is 5. The summed E-state index contributed by atoms with van der Waals surface area (Å²) in [5.74, 6) is 2.95. The van der Waals surface area contributed by atoms with Crippen molar-refractivity contribution >= 4 is 29.1 Å². The third kappa shape index (κ3) is 11.0. The van der Waals surface area contributed by atoms with Crippen molar-refractivity contribution in [1.82, 2.24) is 30.0 Å². The molecule has 0 bridgehead atoms. The van der Waals surface area contributed by atoms with Crippen LogP contribution in [0.5, 0.6) is 23.0 Å². The Morgan fingerprint density at radius 1 is 0.662 bits per heavy atom. The van der Waals surface area contributed by atoms with Crippen molar-refractivity contribution in [2.75, 3.05) is 66.6 Å². The molecule has 1 N–H and O–H groups in total. The van der Waals surface area contributed by atoms with Crippen LogP contribution in [0.15, 0.2) is 85.2 Å². The highest BCUT2D eigenvalue weighted by Crippen LogP contribution is 2.48. The number of amides is 3. The van der Waals surface area contributed by atoms with E-state index in [0.717, 1.165) is 71.1 Å². The van der Waals surface area contributed by atoms with Crippen molar-refractivity contribution in [3.63, 3.8) is 0 Å². The molecular weight excluding hydrogens is 861 g/mol. The van der Waals surface area contributed by atoms with Crippen molar-refractivity contribution in [3.8, 4) is 23.0 Å². The van der Waals surface area contributed by atoms with Crippen molar-refractivity contribution in [2.24, 2.45) is 0 Å². The van der Waals surface area contributed by atoms with E-state index in [1.165, 1.54) is 0 Å². The Labute approximate surface area is 402 Å². The minimum Gasteiger partial charge on any atom is -0.496 e. The van der Waals surface area contributed by atoms with Crippen LogP contribution in [0.1, 0.15) is 125 Å². The van der Waals surface area contributed by atoms with Crippen LogP contribution in [-0.4, -0.2) is 126 Å². The Balaban J connectivity index is 0.000000225. The number of carbonyl (C=O) groups is 3. The molecule has 8 rings (SSSR count). The van der Waals surface area contributed by atoms with E-state index < -0.39 is 11.2 Å². The second-order valence-electron chi connectivity index (χ2n) is 18.2. The average molecular weight is 931 g/mol. The quantitative estimate of drug-likeness (QED) is 0.162. The Kier molecular flexibility index (Phi) is 16.3. The maximum absolute atomic E-state index is 12.8. The van der Waals surface area contributed by atoms with E-state index in [2.05, 4.69) is 22.5 Å². The van der Waals surface area contributed by atoms with E-state index in [4.69, 9.17) is 28.7 Å². The Morgan fingerprint density at radius 2 is 1.09 bits per heavy atom. The third-order valence-corrected chi connectivity index (χ3v) is 12.8. The minimum atomic E-state index is -0.593. The van der Waals surface area contributed by atoms with Gasteiger partial charge in [0.2, 0.25) is 0 Å². The fraction of sp³-hybridized carbons (Fsp3) is 0.463. The van der Waals surface area contributed by atoms with E-state index in [9.17, 15) is 14.4 Å². The molecule has 6 heterocycles. The molecule has 68 heavy (non-hydrogen) atoms. The SMILES string of the molecule is C.CCN(CC)C(=O)c1ccc(C2=CC3(CCN(C(=O)OC(C)(C)C)CC3)Oc3cccc(OC)c32)nc1.CCN(CC)C(=O)c1ccc(C2=CC3(CCNCC3)Oc3cccc(OC)c32)nc1. The lowest BCUT2D eigenvalue weighted by molar-refractivity contribution is -0.00125. The second-order valence-corrected chi connectivity index (χ2v) is 18.2. The van der Waals surface area contributed by atoms with Gasteiger partial charge in [-0.3, -0.25) is 19.6 Å². The smallest absolute Gasteiger partial charge is 0.410 e. The van der Waals surface area contributed by atoms with E-state index in [1.54, 1.807) is 41.3 Å². The number of benzene rings is 2. The number of aromatic nitrogens is 2. The topological polar surface area (TPSA) is 145 Å². The van der Waals surface area contributed by atoms with Crippen molar-refractivity contribution in [3.05, 3.63) is 119 Å². The largest absolute Gasteiger partial charge is 0.496 e. The van der Waals surface area contributed by atoms with Gasteiger partial charge in [0.15, 0.2) is 0 Å². The van der Waals surface area contributed by atoms with Crippen molar-refractivity contribution in [2.45, 2.75) is 98.4 Å². The van der Waals surface area contributed by atoms with Crippen molar-refractivity contribution < 1.29 is 38.1 Å². The first-order valence-electron chi connectivity index (χ1n) is 23.6. The van der Waals surface area contributed by atoms with Gasteiger partial charge in [-0.1, -0.05) is 19.6 Å². The number of hydrogen-bond donors (Lipinski definition) is 1. The maximum Gasteiger partial charge on any atom is 0.410 e. The Bertz CT molecular complexity index is 2460. The van der Waals surface area contributed by atoms with Crippen molar-refractivity contribution in [1.29, 1.82) is 0 Å². The van der Waals surface area contributed by atoms with Crippen LogP contribution in [0.4, 0.5) is 4.79 Å². The number of rotatable bonds is 10. The zero-order chi connectivity index (χ0) is 47.9. The number of nitrogens with zero attached hydrogens (tertiary/aromatic N) is 5. The summed E-state index contributed by atoms with van der Waals surface area (Å²) in [5, 5.41) is 3.41. The van der Waals surface area contributed by atoms with E-state index >= 15 is 0 Å². The summed E-state index contributed by atoms with van der Waals surface area (Å²) in [4.78, 5) is 52.8. The summed E-state index contributed by atoms with van der Waals surface area (Å²) in [6, 6.07) is 19.1. The molecule has 0 saturated carbocycles. The molecule has 0 unspecified atom stereocenters. The Hall–Kier alpha value is -6.41. The van der Waals surface area contributed by atoms with Gasteiger partial charge in [-0.2, -0.15) is 0 Å². The molecule has 364 valence electrons. The van der Waals surface area contributed by atoms with Gasteiger partial charge in [0, 0.05) is 88.5 Å². The molecular formula is C54H70N6O8. The van der Waals surface area contributed by atoms with Gasteiger partial charge < -0.3 is 43.7 Å². The van der Waals surface area contributed by atoms with Gasteiger partial charge >= 0.3 is 6.09 Å². The standard InChI is InChI=1S/C29H37N3O5.C24H29N3O3.CH4/c1-7-31(8-2)26(33)20-12-13-22(30-19-20)21-18-29(36-24-11-9-10-23(35-6)25(21)24)14-16-32(17-15-29)27(34)37-28(3,4)5;1-4-27(5-2)23(28)17-9-10-19(26-16-17)18-15-24(11-13-25-14-12-24)30-21-8-6-7-20(29-3)22(18)21;/h9-13,18-19H,7-8,14-17H2,1-6H3;6-10,15-16,25H,4-5,11-14H2,1-3H3;1H4.